The van der Waals surface area contributed by atoms with Crippen molar-refractivity contribution >= 4 is 16.1 Å². The van der Waals surface area contributed by atoms with Crippen molar-refractivity contribution in [1.82, 2.24) is 9.37 Å². The van der Waals surface area contributed by atoms with Crippen LogP contribution in [0, 0.1) is 5.92 Å². The monoisotopic (exact) mass is 584 g/mol. The molecule has 0 spiro atoms. The van der Waals surface area contributed by atoms with Crippen molar-refractivity contribution in [1.29, 1.82) is 0 Å². The van der Waals surface area contributed by atoms with Crippen LogP contribution in [0.25, 0.3) is 0 Å². The molecule has 0 aliphatic carbocycles. The van der Waals surface area contributed by atoms with Crippen molar-refractivity contribution < 1.29 is 37.7 Å². The van der Waals surface area contributed by atoms with E-state index in [-0.39, 0.29) is 48.6 Å². The lowest BCUT2D eigenvalue weighted by Crippen LogP contribution is -2.42. The van der Waals surface area contributed by atoms with Crippen LogP contribution >= 0.6 is 0 Å². The van der Waals surface area contributed by atoms with Gasteiger partial charge in [0.2, 0.25) is 16.8 Å². The molecule has 2 N–H and O–H groups in total. The Labute approximate surface area is 240 Å². The average Bonchev–Trinajstić information content (AvgIpc) is 3.43. The van der Waals surface area contributed by atoms with Gasteiger partial charge in [0.1, 0.15) is 5.75 Å². The maximum absolute atomic E-state index is 13.6. The summed E-state index contributed by atoms with van der Waals surface area (Å²) in [6, 6.07) is 20.8. The molecule has 10 nitrogen and oxygen atoms in total. The third-order valence-electron chi connectivity index (χ3n) is 6.70. The van der Waals surface area contributed by atoms with E-state index in [4.69, 9.17) is 14.2 Å². The van der Waals surface area contributed by atoms with Crippen LogP contribution in [-0.4, -0.2) is 66.7 Å². The number of benzene rings is 3. The fourth-order valence-electron chi connectivity index (χ4n) is 4.59. The summed E-state index contributed by atoms with van der Waals surface area (Å²) in [5.41, 5.74) is 1.95. The summed E-state index contributed by atoms with van der Waals surface area (Å²) < 4.78 is 45.0. The highest BCUT2D eigenvalue weighted by Crippen LogP contribution is 2.35. The minimum Gasteiger partial charge on any atom is -0.493 e. The zero-order valence-corrected chi connectivity index (χ0v) is 24.0. The molecule has 0 saturated heterocycles. The van der Waals surface area contributed by atoms with Crippen LogP contribution in [-0.2, 0) is 22.9 Å². The van der Waals surface area contributed by atoms with Gasteiger partial charge in [-0.25, -0.2) is 13.2 Å². The molecular formula is C30H36N2O8S. The number of rotatable bonds is 14. The highest BCUT2D eigenvalue weighted by Gasteiger charge is 2.30. The Morgan fingerprint density at radius 2 is 1.68 bits per heavy atom. The predicted molar refractivity (Wildman–Crippen MR) is 152 cm³/mol. The number of carbonyl (C=O) groups is 1. The normalized spacial score (nSPS) is 13.4. The van der Waals surface area contributed by atoms with Crippen LogP contribution in [0.4, 0.5) is 4.79 Å². The molecule has 0 radical (unpaired) electrons. The first-order chi connectivity index (χ1) is 19.6. The fraction of sp³-hybridized carbons (Fsp3) is 0.367. The topological polar surface area (TPSA) is 126 Å². The quantitative estimate of drug-likeness (QED) is 0.199. The number of hydroxylamine groups is 2. The number of nitrogens with zero attached hydrogens (tertiary/aromatic N) is 2. The van der Waals surface area contributed by atoms with Gasteiger partial charge in [-0.2, -0.15) is 9.37 Å². The summed E-state index contributed by atoms with van der Waals surface area (Å²) in [5, 5.41) is 20.1. The summed E-state index contributed by atoms with van der Waals surface area (Å²) >= 11 is 0. The van der Waals surface area contributed by atoms with Gasteiger partial charge < -0.3 is 19.3 Å². The van der Waals surface area contributed by atoms with Gasteiger partial charge in [0.15, 0.2) is 11.5 Å². The number of hydrogen-bond acceptors (Lipinski definition) is 7. The lowest BCUT2D eigenvalue weighted by molar-refractivity contribution is -0.0984. The number of ether oxygens (including phenoxy) is 3. The van der Waals surface area contributed by atoms with Gasteiger partial charge in [-0.05, 0) is 54.2 Å². The maximum Gasteiger partial charge on any atom is 0.431 e. The molecule has 4 rings (SSSR count). The Morgan fingerprint density at radius 1 is 0.976 bits per heavy atom. The lowest BCUT2D eigenvalue weighted by Gasteiger charge is -2.28. The standard InChI is InChI=1S/C30H36N2O8S/c1-22(2)20-31(41(36,37)27-12-13-28-29(19-27)40-21-39-28)16-14-25(32(35)30(33)34)18-24-8-10-26(11-9-24)38-17-15-23-6-4-3-5-7-23/h3-13,19,22,25,35H,14-18,20-21H2,1-2H3,(H,33,34). The molecule has 0 saturated carbocycles. The first-order valence-electron chi connectivity index (χ1n) is 13.5. The van der Waals surface area contributed by atoms with E-state index >= 15 is 0 Å². The van der Waals surface area contributed by atoms with Crippen LogP contribution in [0.3, 0.4) is 0 Å². The Balaban J connectivity index is 1.42. The molecule has 3 aromatic carbocycles. The summed E-state index contributed by atoms with van der Waals surface area (Å²) in [5.74, 6) is 1.52. The van der Waals surface area contributed by atoms with Crippen molar-refractivity contribution in [2.24, 2.45) is 5.92 Å². The van der Waals surface area contributed by atoms with Crippen molar-refractivity contribution in [3.63, 3.8) is 0 Å². The molecule has 0 bridgehead atoms. The molecule has 1 heterocycles. The van der Waals surface area contributed by atoms with Crippen LogP contribution < -0.4 is 14.2 Å². The number of amides is 1. The Morgan fingerprint density at radius 3 is 2.37 bits per heavy atom. The first kappa shape index (κ1) is 30.2. The van der Waals surface area contributed by atoms with E-state index in [1.807, 2.05) is 56.3 Å². The average molecular weight is 585 g/mol. The Bertz CT molecular complexity index is 1400. The SMILES string of the molecule is CC(C)CN(CCC(Cc1ccc(OCCc2ccccc2)cc1)N(O)C(=O)O)S(=O)(=O)c1ccc2c(c1)OCO2. The van der Waals surface area contributed by atoms with Gasteiger partial charge in [0.25, 0.3) is 0 Å². The second-order valence-corrected chi connectivity index (χ2v) is 12.2. The second-order valence-electron chi connectivity index (χ2n) is 10.3. The third-order valence-corrected chi connectivity index (χ3v) is 8.56. The van der Waals surface area contributed by atoms with E-state index in [0.29, 0.717) is 23.9 Å². The number of hydrogen-bond donors (Lipinski definition) is 2. The molecule has 220 valence electrons. The van der Waals surface area contributed by atoms with Gasteiger partial charge in [0.05, 0.1) is 17.5 Å². The van der Waals surface area contributed by atoms with Gasteiger partial charge in [0, 0.05) is 25.6 Å². The highest BCUT2D eigenvalue weighted by molar-refractivity contribution is 7.89. The molecule has 11 heteroatoms. The number of carboxylic acid groups (broad SMARTS) is 1. The van der Waals surface area contributed by atoms with E-state index < -0.39 is 22.2 Å². The van der Waals surface area contributed by atoms with Gasteiger partial charge in [-0.3, -0.25) is 5.21 Å². The maximum atomic E-state index is 13.6. The van der Waals surface area contributed by atoms with Gasteiger partial charge in [-0.15, -0.1) is 0 Å². The van der Waals surface area contributed by atoms with Crippen molar-refractivity contribution in [3.05, 3.63) is 83.9 Å². The molecule has 1 aliphatic rings. The Kier molecular flexibility index (Phi) is 10.1. The zero-order valence-electron chi connectivity index (χ0n) is 23.2. The van der Waals surface area contributed by atoms with Crippen LogP contribution in [0.2, 0.25) is 0 Å². The highest BCUT2D eigenvalue weighted by atomic mass is 32.2. The van der Waals surface area contributed by atoms with E-state index in [9.17, 15) is 23.5 Å². The Hall–Kier alpha value is -3.80. The minimum atomic E-state index is -3.93. The van der Waals surface area contributed by atoms with Crippen molar-refractivity contribution in [2.45, 2.75) is 44.0 Å². The zero-order chi connectivity index (χ0) is 29.4. The third kappa shape index (κ3) is 8.12. The minimum absolute atomic E-state index is 0.00461. The molecule has 1 unspecified atom stereocenters. The smallest absolute Gasteiger partial charge is 0.431 e. The predicted octanol–water partition coefficient (Wildman–Crippen LogP) is 5.05. The molecule has 1 aliphatic heterocycles. The van der Waals surface area contributed by atoms with Crippen molar-refractivity contribution in [2.75, 3.05) is 26.5 Å². The van der Waals surface area contributed by atoms with E-state index in [1.165, 1.54) is 22.0 Å². The summed E-state index contributed by atoms with van der Waals surface area (Å²) in [4.78, 5) is 11.7. The fourth-order valence-corrected chi connectivity index (χ4v) is 6.22. The molecule has 1 atom stereocenters. The molecule has 1 amide bonds. The number of sulfonamides is 1. The van der Waals surface area contributed by atoms with E-state index in [2.05, 4.69) is 0 Å². The van der Waals surface area contributed by atoms with E-state index in [1.54, 1.807) is 18.2 Å². The van der Waals surface area contributed by atoms with Crippen molar-refractivity contribution in [3.8, 4) is 17.2 Å². The number of fused-ring (bicyclic) bond motifs is 1. The molecule has 3 aromatic rings. The first-order valence-corrected chi connectivity index (χ1v) is 14.9. The molecule has 0 aromatic heterocycles. The molecule has 41 heavy (non-hydrogen) atoms. The second kappa shape index (κ2) is 13.7. The largest absolute Gasteiger partial charge is 0.493 e. The summed E-state index contributed by atoms with van der Waals surface area (Å²) in [6.45, 7) is 4.57. The molecule has 0 fully saturated rings. The van der Waals surface area contributed by atoms with Gasteiger partial charge in [-0.1, -0.05) is 56.3 Å². The molecular weight excluding hydrogens is 548 g/mol. The van der Waals surface area contributed by atoms with Crippen LogP contribution in [0.15, 0.2) is 77.7 Å². The summed E-state index contributed by atoms with van der Waals surface area (Å²) in [6.07, 6.45) is -0.476. The van der Waals surface area contributed by atoms with Crippen LogP contribution in [0.5, 0.6) is 17.2 Å². The van der Waals surface area contributed by atoms with Crippen LogP contribution in [0.1, 0.15) is 31.4 Å². The lowest BCUT2D eigenvalue weighted by atomic mass is 10.0. The van der Waals surface area contributed by atoms with Gasteiger partial charge >= 0.3 is 6.09 Å². The van der Waals surface area contributed by atoms with E-state index in [0.717, 1.165) is 12.0 Å². The summed E-state index contributed by atoms with van der Waals surface area (Å²) in [7, 11) is -3.93.